The van der Waals surface area contributed by atoms with E-state index in [-0.39, 0.29) is 22.6 Å². The summed E-state index contributed by atoms with van der Waals surface area (Å²) < 4.78 is 27.5. The summed E-state index contributed by atoms with van der Waals surface area (Å²) in [6.45, 7) is 2.25. The third-order valence-electron chi connectivity index (χ3n) is 7.82. The number of carbonyl (C=O) groups is 2. The number of benzene rings is 3. The van der Waals surface area contributed by atoms with Crippen LogP contribution < -0.4 is 10.0 Å². The van der Waals surface area contributed by atoms with Crippen molar-refractivity contribution in [2.24, 2.45) is 0 Å². The van der Waals surface area contributed by atoms with Gasteiger partial charge in [-0.15, -0.1) is 0 Å². The Kier molecular flexibility index (Phi) is 14.5. The van der Waals surface area contributed by atoms with Crippen LogP contribution in [0.3, 0.4) is 0 Å². The second-order valence-electron chi connectivity index (χ2n) is 11.4. The second kappa shape index (κ2) is 18.3. The highest BCUT2D eigenvalue weighted by atomic mass is 32.2. The van der Waals surface area contributed by atoms with Crippen molar-refractivity contribution >= 4 is 38.3 Å². The topological polar surface area (TPSA) is 113 Å². The minimum Gasteiger partial charge on any atom is -0.506 e. The van der Waals surface area contributed by atoms with Crippen LogP contribution >= 0.6 is 0 Å². The maximum atomic E-state index is 12.7. The first kappa shape index (κ1) is 34.1. The number of sulfonamides is 1. The molecule has 3 rings (SSSR count). The molecule has 3 aromatic rings. The van der Waals surface area contributed by atoms with Gasteiger partial charge in [0.2, 0.25) is 5.91 Å². The summed E-state index contributed by atoms with van der Waals surface area (Å²) >= 11 is 0. The zero-order valence-corrected chi connectivity index (χ0v) is 26.4. The lowest BCUT2D eigenvalue weighted by atomic mass is 10.0. The third kappa shape index (κ3) is 11.7. The SMILES string of the molecule is CCCCCCCCCCCCCCCCCC(=O)NS(=O)(=O)c1ccc(NC(=O)c2ccc3ccccc3c2O)cc1. The van der Waals surface area contributed by atoms with Gasteiger partial charge in [0.15, 0.2) is 0 Å². The van der Waals surface area contributed by atoms with E-state index in [0.717, 1.165) is 24.6 Å². The molecule has 0 aliphatic rings. The highest BCUT2D eigenvalue weighted by molar-refractivity contribution is 7.90. The average molecular weight is 609 g/mol. The highest BCUT2D eigenvalue weighted by Crippen LogP contribution is 2.29. The number of rotatable bonds is 20. The molecule has 0 aliphatic heterocycles. The van der Waals surface area contributed by atoms with E-state index in [1.807, 2.05) is 12.1 Å². The molecular weight excluding hydrogens is 560 g/mol. The van der Waals surface area contributed by atoms with Crippen LogP contribution in [0.15, 0.2) is 65.6 Å². The van der Waals surface area contributed by atoms with E-state index in [1.54, 1.807) is 24.3 Å². The molecule has 7 nitrogen and oxygen atoms in total. The minimum absolute atomic E-state index is 0.0658. The number of phenols is 1. The van der Waals surface area contributed by atoms with Gasteiger partial charge in [-0.05, 0) is 42.1 Å². The molecule has 43 heavy (non-hydrogen) atoms. The Balaban J connectivity index is 1.30. The number of carbonyl (C=O) groups excluding carboxylic acids is 2. The van der Waals surface area contributed by atoms with E-state index < -0.39 is 21.8 Å². The predicted octanol–water partition coefficient (Wildman–Crippen LogP) is 8.86. The van der Waals surface area contributed by atoms with Crippen LogP contribution in [0.1, 0.15) is 120 Å². The fourth-order valence-electron chi connectivity index (χ4n) is 5.27. The van der Waals surface area contributed by atoms with Gasteiger partial charge in [-0.3, -0.25) is 9.59 Å². The molecule has 0 fully saturated rings. The number of hydrogen-bond donors (Lipinski definition) is 3. The Morgan fingerprint density at radius 3 is 1.79 bits per heavy atom. The Morgan fingerprint density at radius 1 is 0.674 bits per heavy atom. The summed E-state index contributed by atoms with van der Waals surface area (Å²) in [5.74, 6) is -1.15. The first-order chi connectivity index (χ1) is 20.8. The molecule has 8 heteroatoms. The van der Waals surface area contributed by atoms with Gasteiger partial charge < -0.3 is 10.4 Å². The van der Waals surface area contributed by atoms with E-state index in [0.29, 0.717) is 17.5 Å². The first-order valence-electron chi connectivity index (χ1n) is 16.0. The molecule has 0 bridgehead atoms. The lowest BCUT2D eigenvalue weighted by molar-refractivity contribution is -0.119. The maximum absolute atomic E-state index is 12.7. The Hall–Kier alpha value is -3.39. The van der Waals surface area contributed by atoms with E-state index in [9.17, 15) is 23.1 Å². The van der Waals surface area contributed by atoms with Crippen LogP contribution in [0, 0.1) is 0 Å². The van der Waals surface area contributed by atoms with Crippen molar-refractivity contribution < 1.29 is 23.1 Å². The predicted molar refractivity (Wildman–Crippen MR) is 175 cm³/mol. The first-order valence-corrected chi connectivity index (χ1v) is 17.5. The summed E-state index contributed by atoms with van der Waals surface area (Å²) in [6, 6.07) is 16.1. The molecule has 0 atom stereocenters. The van der Waals surface area contributed by atoms with Crippen molar-refractivity contribution in [3.05, 3.63) is 66.2 Å². The van der Waals surface area contributed by atoms with Crippen molar-refractivity contribution in [1.82, 2.24) is 4.72 Å². The highest BCUT2D eigenvalue weighted by Gasteiger charge is 2.18. The molecular formula is C35H48N2O5S. The van der Waals surface area contributed by atoms with Crippen molar-refractivity contribution in [2.45, 2.75) is 115 Å². The molecule has 3 aromatic carbocycles. The van der Waals surface area contributed by atoms with Crippen molar-refractivity contribution in [1.29, 1.82) is 0 Å². The van der Waals surface area contributed by atoms with Crippen molar-refractivity contribution in [3.63, 3.8) is 0 Å². The van der Waals surface area contributed by atoms with E-state index >= 15 is 0 Å². The number of phenolic OH excluding ortho intramolecular Hbond substituents is 1. The number of fused-ring (bicyclic) bond motifs is 1. The van der Waals surface area contributed by atoms with Crippen molar-refractivity contribution in [2.75, 3.05) is 5.32 Å². The molecule has 0 aliphatic carbocycles. The fraction of sp³-hybridized carbons (Fsp3) is 0.486. The number of amides is 2. The van der Waals surface area contributed by atoms with Crippen LogP contribution in [-0.4, -0.2) is 25.3 Å². The van der Waals surface area contributed by atoms with Crippen LogP contribution in [0.25, 0.3) is 10.8 Å². The quantitative estimate of drug-likeness (QED) is 0.111. The molecule has 0 spiro atoms. The lowest BCUT2D eigenvalue weighted by Gasteiger charge is -2.10. The Bertz CT molecular complexity index is 1400. The molecule has 234 valence electrons. The minimum atomic E-state index is -4.01. The summed E-state index contributed by atoms with van der Waals surface area (Å²) in [5.41, 5.74) is 0.474. The average Bonchev–Trinajstić information content (AvgIpc) is 2.99. The standard InChI is InChI=1S/C35H48N2O5S/c1-2-3-4-5-6-7-8-9-10-11-12-13-14-15-16-21-33(38)37-43(41,42)30-25-23-29(24-26-30)36-35(40)32-27-22-28-19-17-18-20-31(28)34(32)39/h17-20,22-27,39H,2-16,21H2,1H3,(H,36,40)(H,37,38). The van der Waals surface area contributed by atoms with Crippen LogP contribution in [0.2, 0.25) is 0 Å². The summed E-state index contributed by atoms with van der Waals surface area (Å²) in [5, 5.41) is 14.6. The molecule has 0 unspecified atom stereocenters. The molecule has 0 aromatic heterocycles. The summed E-state index contributed by atoms with van der Waals surface area (Å²) in [6.07, 6.45) is 18.6. The largest absolute Gasteiger partial charge is 0.506 e. The molecule has 0 radical (unpaired) electrons. The van der Waals surface area contributed by atoms with Gasteiger partial charge in [0.1, 0.15) is 5.75 Å². The van der Waals surface area contributed by atoms with Gasteiger partial charge in [0, 0.05) is 17.5 Å². The molecule has 0 saturated carbocycles. The Morgan fingerprint density at radius 2 is 1.21 bits per heavy atom. The van der Waals surface area contributed by atoms with Gasteiger partial charge in [-0.1, -0.05) is 127 Å². The number of anilines is 1. The Labute approximate surface area is 257 Å². The van der Waals surface area contributed by atoms with Gasteiger partial charge in [-0.25, -0.2) is 13.1 Å². The van der Waals surface area contributed by atoms with Crippen molar-refractivity contribution in [3.8, 4) is 5.75 Å². The monoisotopic (exact) mass is 608 g/mol. The maximum Gasteiger partial charge on any atom is 0.264 e. The molecule has 2 amide bonds. The lowest BCUT2D eigenvalue weighted by Crippen LogP contribution is -2.30. The van der Waals surface area contributed by atoms with Gasteiger partial charge in [0.25, 0.3) is 15.9 Å². The second-order valence-corrected chi connectivity index (χ2v) is 13.1. The van der Waals surface area contributed by atoms with Crippen LogP contribution in [0.4, 0.5) is 5.69 Å². The molecule has 0 saturated heterocycles. The molecule has 3 N–H and O–H groups in total. The molecule has 0 heterocycles. The van der Waals surface area contributed by atoms with Gasteiger partial charge in [0.05, 0.1) is 10.5 Å². The van der Waals surface area contributed by atoms with Crippen LogP contribution in [0.5, 0.6) is 5.75 Å². The zero-order chi connectivity index (χ0) is 30.9. The summed E-state index contributed by atoms with van der Waals surface area (Å²) in [7, 11) is -4.01. The van der Waals surface area contributed by atoms with Crippen LogP contribution in [-0.2, 0) is 14.8 Å². The third-order valence-corrected chi connectivity index (χ3v) is 9.21. The van der Waals surface area contributed by atoms with Gasteiger partial charge >= 0.3 is 0 Å². The number of hydrogen-bond acceptors (Lipinski definition) is 5. The zero-order valence-electron chi connectivity index (χ0n) is 25.6. The number of nitrogens with one attached hydrogen (secondary N) is 2. The van der Waals surface area contributed by atoms with E-state index in [2.05, 4.69) is 17.0 Å². The smallest absolute Gasteiger partial charge is 0.264 e. The fourth-order valence-corrected chi connectivity index (χ4v) is 6.28. The summed E-state index contributed by atoms with van der Waals surface area (Å²) in [4.78, 5) is 25.0. The number of unbranched alkanes of at least 4 members (excludes halogenated alkanes) is 14. The van der Waals surface area contributed by atoms with E-state index in [4.69, 9.17) is 0 Å². The van der Waals surface area contributed by atoms with Gasteiger partial charge in [-0.2, -0.15) is 0 Å². The number of aromatic hydroxyl groups is 1. The normalized spacial score (nSPS) is 11.5. The van der Waals surface area contributed by atoms with E-state index in [1.165, 1.54) is 94.9 Å².